The maximum Gasteiger partial charge on any atom is 0.296 e. The Morgan fingerprint density at radius 1 is 0.900 bits per heavy atom. The van der Waals surface area contributed by atoms with Crippen LogP contribution in [0, 0.1) is 0 Å². The second-order valence-corrected chi connectivity index (χ2v) is 10.7. The Hall–Kier alpha value is -2.92. The van der Waals surface area contributed by atoms with E-state index in [4.69, 9.17) is 33.7 Å². The van der Waals surface area contributed by atoms with E-state index < -0.39 is 20.8 Å². The monoisotopic (exact) mass is 650 g/mol. The molecule has 0 atom stereocenters. The first-order chi connectivity index (χ1) is 19.1. The van der Waals surface area contributed by atoms with Gasteiger partial charge >= 0.3 is 0 Å². The van der Waals surface area contributed by atoms with E-state index in [2.05, 4.69) is 49.2 Å². The van der Waals surface area contributed by atoms with Crippen LogP contribution in [0.4, 0.5) is 23.0 Å². The third-order valence-electron chi connectivity index (χ3n) is 4.67. The number of anilines is 2. The molecule has 4 aromatic rings. The number of hydrogen-bond donors (Lipinski definition) is 5. The van der Waals surface area contributed by atoms with Crippen LogP contribution < -0.4 is 5.32 Å². The van der Waals surface area contributed by atoms with E-state index in [0.29, 0.717) is 35.2 Å². The second-order valence-electron chi connectivity index (χ2n) is 7.09. The van der Waals surface area contributed by atoms with Crippen molar-refractivity contribution in [3.8, 4) is 5.75 Å². The van der Waals surface area contributed by atoms with Crippen molar-refractivity contribution in [2.45, 2.75) is 14.7 Å². The van der Waals surface area contributed by atoms with Crippen molar-refractivity contribution in [1.82, 2.24) is 15.0 Å². The number of halogens is 2. The maximum atomic E-state index is 11.8. The number of nitrogens with one attached hydrogen (secondary N) is 1. The second kappa shape index (κ2) is 13.2. The van der Waals surface area contributed by atoms with E-state index in [1.807, 2.05) is 0 Å². The van der Waals surface area contributed by atoms with Gasteiger partial charge in [0.2, 0.25) is 16.5 Å². The van der Waals surface area contributed by atoms with Gasteiger partial charge in [0.25, 0.3) is 10.1 Å². The molecule has 0 aliphatic rings. The summed E-state index contributed by atoms with van der Waals surface area (Å²) >= 11 is 12.5. The van der Waals surface area contributed by atoms with E-state index in [9.17, 15) is 18.1 Å². The number of phenols is 1. The van der Waals surface area contributed by atoms with Crippen LogP contribution in [-0.4, -0.2) is 43.5 Å². The fourth-order valence-electron chi connectivity index (χ4n) is 3.16. The molecule has 16 nitrogen and oxygen atoms in total. The number of azo groups is 1. The van der Waals surface area contributed by atoms with Crippen molar-refractivity contribution in [2.24, 2.45) is 10.2 Å². The lowest BCUT2D eigenvalue weighted by atomic mass is 10.1. The molecule has 0 saturated carbocycles. The van der Waals surface area contributed by atoms with Crippen LogP contribution >= 0.6 is 47.3 Å². The summed E-state index contributed by atoms with van der Waals surface area (Å²) in [5.41, 5.74) is -0.130. The number of fused-ring (bicyclic) bond motifs is 1. The van der Waals surface area contributed by atoms with Crippen LogP contribution in [0.2, 0.25) is 10.6 Å². The van der Waals surface area contributed by atoms with Crippen LogP contribution in [0.1, 0.15) is 0 Å². The number of benzene rings is 3. The molecule has 210 valence electrons. The molecule has 0 saturated heterocycles. The third-order valence-corrected chi connectivity index (χ3v) is 7.10. The van der Waals surface area contributed by atoms with Crippen molar-refractivity contribution in [1.29, 1.82) is 0 Å². The van der Waals surface area contributed by atoms with Gasteiger partial charge in [-0.15, -0.1) is 18.9 Å². The number of phenolic OH excluding ortho intramolecular Hbond substituents is 1. The zero-order valence-corrected chi connectivity index (χ0v) is 23.0. The van der Waals surface area contributed by atoms with E-state index in [1.54, 1.807) is 12.1 Å². The molecule has 0 aliphatic carbocycles. The molecule has 0 amide bonds. The molecule has 0 spiro atoms. The summed E-state index contributed by atoms with van der Waals surface area (Å²) < 4.78 is 42.1. The predicted molar refractivity (Wildman–Crippen MR) is 140 cm³/mol. The molecular formula is C19H12Cl2N6O10S3. The van der Waals surface area contributed by atoms with Crippen molar-refractivity contribution in [2.75, 3.05) is 5.32 Å². The van der Waals surface area contributed by atoms with E-state index in [-0.39, 0.29) is 43.1 Å². The minimum atomic E-state index is -4.75. The Balaban J connectivity index is 1.77. The highest BCUT2D eigenvalue weighted by Crippen LogP contribution is 2.45. The lowest BCUT2D eigenvalue weighted by Gasteiger charge is -2.11. The summed E-state index contributed by atoms with van der Waals surface area (Å²) in [6.07, 6.45) is 0. The molecule has 5 N–H and O–H groups in total. The average Bonchev–Trinajstić information content (AvgIpc) is 2.89. The molecule has 0 unspecified atom stereocenters. The molecule has 0 fully saturated rings. The van der Waals surface area contributed by atoms with E-state index in [0.717, 1.165) is 12.1 Å². The first-order valence-electron chi connectivity index (χ1n) is 10.1. The first-order valence-corrected chi connectivity index (χ1v) is 13.7. The average molecular weight is 651 g/mol. The van der Waals surface area contributed by atoms with Gasteiger partial charge in [-0.3, -0.25) is 4.55 Å². The number of nitrogens with zero attached hydrogens (tertiary/aromatic N) is 5. The van der Waals surface area contributed by atoms with Crippen molar-refractivity contribution < 1.29 is 47.3 Å². The molecule has 0 aliphatic heterocycles. The van der Waals surface area contributed by atoms with Crippen LogP contribution in [-0.2, 0) is 28.9 Å². The van der Waals surface area contributed by atoms with Gasteiger partial charge in [0.1, 0.15) is 16.3 Å². The summed E-state index contributed by atoms with van der Waals surface area (Å²) in [7, 11) is -4.75. The van der Waals surface area contributed by atoms with Gasteiger partial charge < -0.3 is 10.4 Å². The summed E-state index contributed by atoms with van der Waals surface area (Å²) in [5, 5.41) is 46.3. The lowest BCUT2D eigenvalue weighted by Crippen LogP contribution is -1.99. The Morgan fingerprint density at radius 2 is 1.60 bits per heavy atom. The van der Waals surface area contributed by atoms with Gasteiger partial charge in [-0.2, -0.15) is 23.4 Å². The highest BCUT2D eigenvalue weighted by molar-refractivity contribution is 7.95. The minimum absolute atomic E-state index is 0.0524. The van der Waals surface area contributed by atoms with Crippen molar-refractivity contribution in [3.63, 3.8) is 0 Å². The Morgan fingerprint density at radius 3 is 2.27 bits per heavy atom. The van der Waals surface area contributed by atoms with E-state index >= 15 is 0 Å². The highest BCUT2D eigenvalue weighted by atomic mass is 35.5. The molecule has 3 aromatic carbocycles. The maximum absolute atomic E-state index is 11.8. The van der Waals surface area contributed by atoms with Gasteiger partial charge in [0.05, 0.1) is 29.0 Å². The largest absolute Gasteiger partial charge is 0.505 e. The zero-order valence-electron chi connectivity index (χ0n) is 19.0. The standard InChI is InChI=1S/C19H12Cl2N6O10S3/c20-17-23-18(21)25-19(24-17)22-9-1-3-11-8(5-9)6-13(39-37-35-30)15(16(11)28)27-26-12-7-10(38-36-34-29)2-4-14(12)40(31,32)33/h1-7,28-30H,(H,31,32,33)(H,22,23,24,25). The number of aromatic hydroxyl groups is 1. The SMILES string of the molecule is O=S(=O)(O)c1ccc(SOOO)cc1N=Nc1c(SOOO)cc2cc(Nc3nc(Cl)nc(Cl)n3)ccc2c1O. The molecule has 21 heteroatoms. The Bertz CT molecular complexity index is 1680. The molecule has 1 heterocycles. The summed E-state index contributed by atoms with van der Waals surface area (Å²) in [5.74, 6) is -0.365. The molecular weight excluding hydrogens is 639 g/mol. The third kappa shape index (κ3) is 7.42. The van der Waals surface area contributed by atoms with Gasteiger partial charge in [0.15, 0.2) is 5.75 Å². The fourth-order valence-corrected chi connectivity index (χ4v) is 5.01. The number of aromatic nitrogens is 3. The Labute approximate surface area is 241 Å². The topological polar surface area (TPSA) is 227 Å². The quantitative estimate of drug-likeness (QED) is 0.0394. The normalized spacial score (nSPS) is 11.9. The van der Waals surface area contributed by atoms with Crippen molar-refractivity contribution in [3.05, 3.63) is 53.0 Å². The molecule has 1 aromatic heterocycles. The predicted octanol–water partition coefficient (Wildman–Crippen LogP) is 6.30. The van der Waals surface area contributed by atoms with Crippen molar-refractivity contribution >= 4 is 91.2 Å². The highest BCUT2D eigenvalue weighted by Gasteiger charge is 2.19. The molecule has 0 radical (unpaired) electrons. The summed E-state index contributed by atoms with van der Waals surface area (Å²) in [6.45, 7) is 0. The molecule has 40 heavy (non-hydrogen) atoms. The van der Waals surface area contributed by atoms with Gasteiger partial charge in [-0.25, -0.2) is 10.5 Å². The molecule has 0 bridgehead atoms. The smallest absolute Gasteiger partial charge is 0.296 e. The zero-order chi connectivity index (χ0) is 28.9. The lowest BCUT2D eigenvalue weighted by molar-refractivity contribution is -0.432. The van der Waals surface area contributed by atoms with Crippen LogP contribution in [0.5, 0.6) is 5.75 Å². The van der Waals surface area contributed by atoms with E-state index in [1.165, 1.54) is 18.2 Å². The summed E-state index contributed by atoms with van der Waals surface area (Å²) in [6, 6.07) is 9.53. The number of rotatable bonds is 11. The fraction of sp³-hybridized carbons (Fsp3) is 0. The minimum Gasteiger partial charge on any atom is -0.505 e. The number of hydrogen-bond acceptors (Lipinski definition) is 17. The van der Waals surface area contributed by atoms with Gasteiger partial charge in [0, 0.05) is 16.0 Å². The van der Waals surface area contributed by atoms with Gasteiger partial charge in [-0.1, -0.05) is 10.1 Å². The Kier molecular flexibility index (Phi) is 9.89. The summed E-state index contributed by atoms with van der Waals surface area (Å²) in [4.78, 5) is 11.1. The van der Waals surface area contributed by atoms with Crippen LogP contribution in [0.3, 0.4) is 0 Å². The first kappa shape index (κ1) is 30.0. The van der Waals surface area contributed by atoms with Crippen LogP contribution in [0.25, 0.3) is 10.8 Å². The van der Waals surface area contributed by atoms with Crippen LogP contribution in [0.15, 0.2) is 67.4 Å². The van der Waals surface area contributed by atoms with Gasteiger partial charge in [-0.05, 0) is 71.1 Å². The molecule has 4 rings (SSSR count).